The van der Waals surface area contributed by atoms with E-state index in [1.807, 2.05) is 60.7 Å². The molecule has 0 saturated carbocycles. The zero-order valence-electron chi connectivity index (χ0n) is 19.0. The lowest BCUT2D eigenvalue weighted by atomic mass is 9.87. The van der Waals surface area contributed by atoms with Crippen molar-refractivity contribution in [3.05, 3.63) is 95.2 Å². The molecular formula is C28H28N2O2. The summed E-state index contributed by atoms with van der Waals surface area (Å²) >= 11 is 0. The van der Waals surface area contributed by atoms with Crippen molar-refractivity contribution in [2.75, 3.05) is 7.11 Å². The summed E-state index contributed by atoms with van der Waals surface area (Å²) < 4.78 is 11.4. The van der Waals surface area contributed by atoms with E-state index in [2.05, 4.69) is 45.0 Å². The first-order valence-electron chi connectivity index (χ1n) is 10.7. The van der Waals surface area contributed by atoms with Gasteiger partial charge in [0.1, 0.15) is 18.1 Å². The van der Waals surface area contributed by atoms with Crippen LogP contribution in [0, 0.1) is 0 Å². The van der Waals surface area contributed by atoms with Gasteiger partial charge in [0.25, 0.3) is 0 Å². The second-order valence-electron chi connectivity index (χ2n) is 8.74. The van der Waals surface area contributed by atoms with Crippen LogP contribution in [-0.4, -0.2) is 17.1 Å². The van der Waals surface area contributed by atoms with Crippen molar-refractivity contribution in [1.29, 1.82) is 0 Å². The third kappa shape index (κ3) is 5.14. The van der Waals surface area contributed by atoms with E-state index in [0.29, 0.717) is 18.2 Å². The maximum Gasteiger partial charge on any atom is 0.240 e. The Kier molecular flexibility index (Phi) is 6.22. The highest BCUT2D eigenvalue weighted by molar-refractivity contribution is 5.79. The first kappa shape index (κ1) is 21.6. The molecule has 4 aromatic rings. The molecule has 0 radical (unpaired) electrons. The second kappa shape index (κ2) is 9.23. The molecule has 32 heavy (non-hydrogen) atoms. The molecule has 1 heterocycles. The van der Waals surface area contributed by atoms with Gasteiger partial charge in [-0.25, -0.2) is 9.97 Å². The van der Waals surface area contributed by atoms with Crippen LogP contribution >= 0.6 is 0 Å². The summed E-state index contributed by atoms with van der Waals surface area (Å²) in [5.74, 6) is 1.35. The van der Waals surface area contributed by atoms with Gasteiger partial charge >= 0.3 is 0 Å². The largest absolute Gasteiger partial charge is 0.497 e. The summed E-state index contributed by atoms with van der Waals surface area (Å²) in [4.78, 5) is 9.51. The molecule has 0 N–H and O–H groups in total. The minimum absolute atomic E-state index is 0.128. The fourth-order valence-corrected chi connectivity index (χ4v) is 3.36. The van der Waals surface area contributed by atoms with Gasteiger partial charge in [0.2, 0.25) is 5.88 Å². The lowest BCUT2D eigenvalue weighted by molar-refractivity contribution is 0.293. The number of aromatic nitrogens is 2. The Hall–Kier alpha value is -3.66. The Bertz CT molecular complexity index is 1220. The Morgan fingerprint density at radius 2 is 1.44 bits per heavy atom. The van der Waals surface area contributed by atoms with E-state index in [1.54, 1.807) is 7.11 Å². The minimum Gasteiger partial charge on any atom is -0.497 e. The molecule has 3 aromatic carbocycles. The lowest BCUT2D eigenvalue weighted by Crippen LogP contribution is -2.11. The number of para-hydroxylation sites is 2. The molecule has 4 nitrogen and oxygen atoms in total. The zero-order chi connectivity index (χ0) is 22.6. The lowest BCUT2D eigenvalue weighted by Gasteiger charge is -2.19. The number of hydrogen-bond donors (Lipinski definition) is 0. The third-order valence-electron chi connectivity index (χ3n) is 5.31. The molecule has 0 aliphatic rings. The van der Waals surface area contributed by atoms with E-state index in [-0.39, 0.29) is 5.41 Å². The van der Waals surface area contributed by atoms with E-state index in [9.17, 15) is 0 Å². The number of benzene rings is 3. The Morgan fingerprint density at radius 3 is 2.06 bits per heavy atom. The van der Waals surface area contributed by atoms with Gasteiger partial charge < -0.3 is 9.47 Å². The number of hydrogen-bond acceptors (Lipinski definition) is 4. The quantitative estimate of drug-likeness (QED) is 0.346. The van der Waals surface area contributed by atoms with Crippen molar-refractivity contribution in [2.24, 2.45) is 0 Å². The fraction of sp³-hybridized carbons (Fsp3) is 0.214. The number of rotatable bonds is 6. The fourth-order valence-electron chi connectivity index (χ4n) is 3.36. The highest BCUT2D eigenvalue weighted by Gasteiger charge is 2.13. The van der Waals surface area contributed by atoms with Crippen LogP contribution < -0.4 is 9.47 Å². The topological polar surface area (TPSA) is 44.2 Å². The van der Waals surface area contributed by atoms with Gasteiger partial charge in [-0.2, -0.15) is 0 Å². The number of nitrogens with zero attached hydrogens (tertiary/aromatic N) is 2. The summed E-state index contributed by atoms with van der Waals surface area (Å²) in [7, 11) is 1.66. The van der Waals surface area contributed by atoms with Crippen molar-refractivity contribution in [3.63, 3.8) is 0 Å². The van der Waals surface area contributed by atoms with E-state index < -0.39 is 0 Å². The summed E-state index contributed by atoms with van der Waals surface area (Å²) in [5, 5.41) is 0. The minimum atomic E-state index is 0.128. The standard InChI is InChI=1S/C28H28N2O2/c1-28(2,3)22-14-9-21(10-15-22)19-32-27-26(29-24-7-5-6-8-25(24)30-27)18-13-20-11-16-23(31-4)17-12-20/h5-18H,19H2,1-4H3/b18-13-. The molecule has 4 rings (SSSR count). The second-order valence-corrected chi connectivity index (χ2v) is 8.74. The number of ether oxygens (including phenoxy) is 2. The zero-order valence-corrected chi connectivity index (χ0v) is 19.0. The Labute approximate surface area is 189 Å². The summed E-state index contributed by atoms with van der Waals surface area (Å²) in [6.07, 6.45) is 3.95. The van der Waals surface area contributed by atoms with Gasteiger partial charge in [0, 0.05) is 0 Å². The third-order valence-corrected chi connectivity index (χ3v) is 5.31. The van der Waals surface area contributed by atoms with E-state index in [0.717, 1.165) is 27.9 Å². The molecule has 1 aromatic heterocycles. The first-order chi connectivity index (χ1) is 15.4. The molecule has 162 valence electrons. The van der Waals surface area contributed by atoms with Crippen LogP contribution in [0.15, 0.2) is 72.8 Å². The smallest absolute Gasteiger partial charge is 0.240 e. The van der Waals surface area contributed by atoms with Gasteiger partial charge in [0.05, 0.1) is 18.1 Å². The maximum atomic E-state index is 6.14. The van der Waals surface area contributed by atoms with Gasteiger partial charge in [-0.15, -0.1) is 0 Å². The molecule has 0 spiro atoms. The summed E-state index contributed by atoms with van der Waals surface area (Å²) in [6.45, 7) is 7.07. The van der Waals surface area contributed by atoms with Gasteiger partial charge in [0.15, 0.2) is 0 Å². The summed E-state index contributed by atoms with van der Waals surface area (Å²) in [6, 6.07) is 24.3. The first-order valence-corrected chi connectivity index (χ1v) is 10.7. The van der Waals surface area contributed by atoms with Gasteiger partial charge in [-0.05, 0) is 52.4 Å². The normalized spacial score (nSPS) is 11.8. The monoisotopic (exact) mass is 424 g/mol. The predicted molar refractivity (Wildman–Crippen MR) is 131 cm³/mol. The molecule has 0 saturated heterocycles. The van der Waals surface area contributed by atoms with Crippen LogP contribution in [0.2, 0.25) is 0 Å². The Balaban J connectivity index is 1.59. The average molecular weight is 425 g/mol. The molecule has 0 aliphatic carbocycles. The van der Waals surface area contributed by atoms with Crippen LogP contribution in [-0.2, 0) is 12.0 Å². The molecule has 0 atom stereocenters. The van der Waals surface area contributed by atoms with Crippen LogP contribution in [0.4, 0.5) is 0 Å². The molecule has 4 heteroatoms. The average Bonchev–Trinajstić information content (AvgIpc) is 2.81. The van der Waals surface area contributed by atoms with E-state index >= 15 is 0 Å². The van der Waals surface area contributed by atoms with Crippen molar-refractivity contribution in [2.45, 2.75) is 32.8 Å². The molecular weight excluding hydrogens is 396 g/mol. The predicted octanol–water partition coefficient (Wildman–Crippen LogP) is 6.69. The molecule has 0 bridgehead atoms. The number of fused-ring (bicyclic) bond motifs is 1. The van der Waals surface area contributed by atoms with Crippen LogP contribution in [0.25, 0.3) is 23.2 Å². The van der Waals surface area contributed by atoms with E-state index in [1.165, 1.54) is 5.56 Å². The molecule has 0 amide bonds. The van der Waals surface area contributed by atoms with Crippen LogP contribution in [0.5, 0.6) is 11.6 Å². The van der Waals surface area contributed by atoms with Crippen molar-refractivity contribution >= 4 is 23.2 Å². The molecule has 0 unspecified atom stereocenters. The molecule has 0 fully saturated rings. The summed E-state index contributed by atoms with van der Waals surface area (Å²) in [5.41, 5.74) is 5.92. The highest BCUT2D eigenvalue weighted by Crippen LogP contribution is 2.25. The number of methoxy groups -OCH3 is 1. The van der Waals surface area contributed by atoms with Crippen molar-refractivity contribution in [3.8, 4) is 11.6 Å². The highest BCUT2D eigenvalue weighted by atomic mass is 16.5. The molecule has 0 aliphatic heterocycles. The SMILES string of the molecule is COc1ccc(/C=C\c2nc3ccccc3nc2OCc2ccc(C(C)(C)C)cc2)cc1. The van der Waals surface area contributed by atoms with E-state index in [4.69, 9.17) is 19.4 Å². The Morgan fingerprint density at radius 1 is 0.781 bits per heavy atom. The van der Waals surface area contributed by atoms with Gasteiger partial charge in [-0.3, -0.25) is 0 Å². The van der Waals surface area contributed by atoms with Crippen LogP contribution in [0.3, 0.4) is 0 Å². The van der Waals surface area contributed by atoms with Crippen molar-refractivity contribution < 1.29 is 9.47 Å². The van der Waals surface area contributed by atoms with Crippen LogP contribution in [0.1, 0.15) is 43.2 Å². The maximum absolute atomic E-state index is 6.14. The van der Waals surface area contributed by atoms with Crippen molar-refractivity contribution in [1.82, 2.24) is 9.97 Å². The van der Waals surface area contributed by atoms with Gasteiger partial charge in [-0.1, -0.05) is 75.4 Å².